The predicted molar refractivity (Wildman–Crippen MR) is 110 cm³/mol. The lowest BCUT2D eigenvalue weighted by molar-refractivity contribution is 0.0895. The van der Waals surface area contributed by atoms with Crippen molar-refractivity contribution in [3.63, 3.8) is 0 Å². The fourth-order valence-corrected chi connectivity index (χ4v) is 3.48. The van der Waals surface area contributed by atoms with Crippen molar-refractivity contribution in [2.24, 2.45) is 5.92 Å². The van der Waals surface area contributed by atoms with E-state index in [4.69, 9.17) is 4.52 Å². The van der Waals surface area contributed by atoms with Gasteiger partial charge in [-0.2, -0.15) is 4.98 Å². The maximum atomic E-state index is 12.5. The van der Waals surface area contributed by atoms with Crippen LogP contribution in [-0.2, 0) is 0 Å². The van der Waals surface area contributed by atoms with Crippen LogP contribution in [0.2, 0.25) is 0 Å². The molecule has 3 aromatic rings. The van der Waals surface area contributed by atoms with E-state index < -0.39 is 0 Å². The number of piperidine rings is 1. The number of pyridine rings is 1. The summed E-state index contributed by atoms with van der Waals surface area (Å²) in [6, 6.07) is 13.4. The van der Waals surface area contributed by atoms with Crippen LogP contribution in [-0.4, -0.2) is 34.1 Å². The first-order valence-electron chi connectivity index (χ1n) is 10.0. The summed E-state index contributed by atoms with van der Waals surface area (Å²) < 4.78 is 5.21. The highest BCUT2D eigenvalue weighted by molar-refractivity contribution is 5.90. The van der Waals surface area contributed by atoms with Crippen LogP contribution >= 0.6 is 0 Å². The number of rotatable bonds is 5. The Kier molecular flexibility index (Phi) is 5.55. The first-order valence-corrected chi connectivity index (χ1v) is 10.0. The first-order chi connectivity index (χ1) is 14.1. The van der Waals surface area contributed by atoms with Crippen LogP contribution in [0.1, 0.15) is 49.0 Å². The third-order valence-corrected chi connectivity index (χ3v) is 5.38. The van der Waals surface area contributed by atoms with E-state index in [2.05, 4.69) is 32.3 Å². The Labute approximate surface area is 170 Å². The Morgan fingerprint density at radius 2 is 1.97 bits per heavy atom. The van der Waals surface area contributed by atoms with Gasteiger partial charge >= 0.3 is 11.8 Å². The van der Waals surface area contributed by atoms with Crippen LogP contribution in [0.25, 0.3) is 11.4 Å². The monoisotopic (exact) mass is 391 g/mol. The number of carbonyl (C=O) groups excluding carboxylic acids is 1. The molecule has 150 valence electrons. The van der Waals surface area contributed by atoms with Crippen molar-refractivity contribution in [2.45, 2.75) is 32.7 Å². The van der Waals surface area contributed by atoms with Gasteiger partial charge in [0.15, 0.2) is 0 Å². The summed E-state index contributed by atoms with van der Waals surface area (Å²) in [5, 5.41) is 6.88. The Morgan fingerprint density at radius 1 is 1.21 bits per heavy atom. The average Bonchev–Trinajstić information content (AvgIpc) is 3.25. The molecule has 3 heterocycles. The second-order valence-electron chi connectivity index (χ2n) is 7.60. The highest BCUT2D eigenvalue weighted by Gasteiger charge is 2.21. The van der Waals surface area contributed by atoms with E-state index in [0.717, 1.165) is 48.8 Å². The summed E-state index contributed by atoms with van der Waals surface area (Å²) in [5.74, 6) is 1.61. The van der Waals surface area contributed by atoms with Crippen molar-refractivity contribution >= 4 is 11.7 Å². The van der Waals surface area contributed by atoms with Crippen molar-refractivity contribution in [2.75, 3.05) is 18.0 Å². The predicted octanol–water partition coefficient (Wildman–Crippen LogP) is 3.86. The quantitative estimate of drug-likeness (QED) is 0.711. The molecule has 7 heteroatoms. The molecule has 1 saturated heterocycles. The molecule has 7 nitrogen and oxygen atoms in total. The molecule has 0 aliphatic carbocycles. The van der Waals surface area contributed by atoms with Gasteiger partial charge in [-0.15, -0.1) is 0 Å². The molecule has 29 heavy (non-hydrogen) atoms. The number of benzene rings is 1. The van der Waals surface area contributed by atoms with E-state index in [1.54, 1.807) is 6.20 Å². The number of amides is 1. The van der Waals surface area contributed by atoms with Crippen LogP contribution in [0.15, 0.2) is 53.2 Å². The lowest BCUT2D eigenvalue weighted by Gasteiger charge is -2.31. The summed E-state index contributed by atoms with van der Waals surface area (Å²) in [5.41, 5.74) is 1.79. The van der Waals surface area contributed by atoms with Crippen molar-refractivity contribution in [3.8, 4) is 11.4 Å². The zero-order valence-corrected chi connectivity index (χ0v) is 16.7. The SMILES string of the molecule is CC1CCN(c2cc(-c3noc(C(=O)NC(C)c4ccccc4)n3)ccn2)CC1. The molecule has 1 unspecified atom stereocenters. The zero-order chi connectivity index (χ0) is 20.2. The topological polar surface area (TPSA) is 84.2 Å². The minimum atomic E-state index is -0.389. The number of nitrogens with zero attached hydrogens (tertiary/aromatic N) is 4. The van der Waals surface area contributed by atoms with Gasteiger partial charge in [0.1, 0.15) is 5.82 Å². The normalized spacial score (nSPS) is 15.9. The molecule has 0 saturated carbocycles. The van der Waals surface area contributed by atoms with Crippen LogP contribution < -0.4 is 10.2 Å². The summed E-state index contributed by atoms with van der Waals surface area (Å²) in [7, 11) is 0. The molecule has 0 bridgehead atoms. The van der Waals surface area contributed by atoms with Crippen molar-refractivity contribution in [1.82, 2.24) is 20.4 Å². The molecule has 1 aliphatic heterocycles. The number of aromatic nitrogens is 3. The van der Waals surface area contributed by atoms with Gasteiger partial charge in [-0.3, -0.25) is 4.79 Å². The van der Waals surface area contributed by atoms with Gasteiger partial charge in [-0.05, 0) is 43.4 Å². The summed E-state index contributed by atoms with van der Waals surface area (Å²) >= 11 is 0. The second-order valence-corrected chi connectivity index (χ2v) is 7.60. The zero-order valence-electron chi connectivity index (χ0n) is 16.7. The van der Waals surface area contributed by atoms with Crippen molar-refractivity contribution < 1.29 is 9.32 Å². The third-order valence-electron chi connectivity index (χ3n) is 5.38. The number of carbonyl (C=O) groups is 1. The molecule has 1 fully saturated rings. The van der Waals surface area contributed by atoms with Gasteiger partial charge in [0.25, 0.3) is 0 Å². The Morgan fingerprint density at radius 3 is 2.72 bits per heavy atom. The van der Waals surface area contributed by atoms with Crippen LogP contribution in [0, 0.1) is 5.92 Å². The fourth-order valence-electron chi connectivity index (χ4n) is 3.48. The number of nitrogens with one attached hydrogen (secondary N) is 1. The number of anilines is 1. The fraction of sp³-hybridized carbons (Fsp3) is 0.364. The Bertz CT molecular complexity index is 964. The maximum Gasteiger partial charge on any atom is 0.316 e. The van der Waals surface area contributed by atoms with Gasteiger partial charge < -0.3 is 14.7 Å². The average molecular weight is 391 g/mol. The van der Waals surface area contributed by atoms with Crippen LogP contribution in [0.4, 0.5) is 5.82 Å². The van der Waals surface area contributed by atoms with E-state index >= 15 is 0 Å². The third kappa shape index (κ3) is 4.45. The van der Waals surface area contributed by atoms with E-state index in [9.17, 15) is 4.79 Å². The minimum absolute atomic E-state index is 0.0482. The van der Waals surface area contributed by atoms with Crippen molar-refractivity contribution in [1.29, 1.82) is 0 Å². The van der Waals surface area contributed by atoms with Gasteiger partial charge in [0.2, 0.25) is 5.82 Å². The largest absolute Gasteiger partial charge is 0.357 e. The molecule has 0 radical (unpaired) electrons. The minimum Gasteiger partial charge on any atom is -0.357 e. The number of hydrogen-bond acceptors (Lipinski definition) is 6. The number of hydrogen-bond donors (Lipinski definition) is 1. The van der Waals surface area contributed by atoms with E-state index in [1.807, 2.05) is 49.4 Å². The molecule has 1 aromatic carbocycles. The smallest absolute Gasteiger partial charge is 0.316 e. The molecular weight excluding hydrogens is 366 g/mol. The van der Waals surface area contributed by atoms with Crippen LogP contribution in [0.5, 0.6) is 0 Å². The standard InChI is InChI=1S/C22H25N5O2/c1-15-9-12-27(13-10-15)19-14-18(8-11-23-19)20-25-22(29-26-20)21(28)24-16(2)17-6-4-3-5-7-17/h3-8,11,14-16H,9-10,12-13H2,1-2H3,(H,24,28). The molecule has 4 rings (SSSR count). The van der Waals surface area contributed by atoms with Gasteiger partial charge in [-0.1, -0.05) is 42.4 Å². The summed E-state index contributed by atoms with van der Waals surface area (Å²) in [6.45, 7) is 6.19. The molecule has 1 N–H and O–H groups in total. The van der Waals surface area contributed by atoms with E-state index in [0.29, 0.717) is 5.82 Å². The first kappa shape index (κ1) is 19.1. The highest BCUT2D eigenvalue weighted by atomic mass is 16.5. The lowest BCUT2D eigenvalue weighted by atomic mass is 9.99. The molecule has 0 spiro atoms. The van der Waals surface area contributed by atoms with Gasteiger partial charge in [0, 0.05) is 24.8 Å². The van der Waals surface area contributed by atoms with Crippen LogP contribution in [0.3, 0.4) is 0 Å². The van der Waals surface area contributed by atoms with Gasteiger partial charge in [-0.25, -0.2) is 4.98 Å². The molecule has 1 aliphatic rings. The van der Waals surface area contributed by atoms with Crippen molar-refractivity contribution in [3.05, 3.63) is 60.1 Å². The highest BCUT2D eigenvalue weighted by Crippen LogP contribution is 2.25. The molecule has 2 aromatic heterocycles. The molecule has 1 atom stereocenters. The van der Waals surface area contributed by atoms with E-state index in [-0.39, 0.29) is 17.8 Å². The van der Waals surface area contributed by atoms with E-state index in [1.165, 1.54) is 0 Å². The molecule has 1 amide bonds. The maximum absolute atomic E-state index is 12.5. The Hall–Kier alpha value is -3.22. The summed E-state index contributed by atoms with van der Waals surface area (Å²) in [4.78, 5) is 23.5. The Balaban J connectivity index is 1.46. The second kappa shape index (κ2) is 8.43. The molecular formula is C22H25N5O2. The van der Waals surface area contributed by atoms with Gasteiger partial charge in [0.05, 0.1) is 6.04 Å². The summed E-state index contributed by atoms with van der Waals surface area (Å²) in [6.07, 6.45) is 4.08. The lowest BCUT2D eigenvalue weighted by Crippen LogP contribution is -2.33.